The molecule has 2 heteroatoms. The van der Waals surface area contributed by atoms with Crippen molar-refractivity contribution in [2.24, 2.45) is 0 Å². The standard InChI is InChI=1S/C34H20O2/c1-2-10-21(11-3-1)33-23-13-4-6-15-25(23)34(26-16-7-5-14-24(26)33)29-20-35-31-19-32-27(18-28(29)31)22-12-8-9-17-30(22)36-32/h1-20H/i1D,2D,3D,4D,5D,6D,7D,8D,9D,10D,11D,12D,13D,14D,15D,16D,17D,18D,19D,20D. The fourth-order valence-electron chi connectivity index (χ4n) is 4.46. The zero-order valence-electron chi connectivity index (χ0n) is 37.8. The van der Waals surface area contributed by atoms with E-state index in [9.17, 15) is 4.11 Å². The monoisotopic (exact) mass is 480 g/mol. The molecule has 8 aromatic rings. The lowest BCUT2D eigenvalue weighted by atomic mass is 9.86. The molecule has 2 nitrogen and oxygen atoms in total. The molecule has 0 spiro atoms. The van der Waals surface area contributed by atoms with Crippen molar-refractivity contribution in [2.45, 2.75) is 0 Å². The van der Waals surface area contributed by atoms with Crippen molar-refractivity contribution in [3.63, 3.8) is 0 Å². The van der Waals surface area contributed by atoms with Crippen molar-refractivity contribution < 1.29 is 36.2 Å². The van der Waals surface area contributed by atoms with Crippen LogP contribution in [0.4, 0.5) is 0 Å². The summed E-state index contributed by atoms with van der Waals surface area (Å²) in [6.07, 6.45) is -0.848. The Balaban J connectivity index is 1.75. The Bertz CT molecular complexity index is 3090. The van der Waals surface area contributed by atoms with Gasteiger partial charge < -0.3 is 8.83 Å². The molecule has 0 saturated heterocycles. The predicted octanol–water partition coefficient (Wildman–Crippen LogP) is 9.97. The fourth-order valence-corrected chi connectivity index (χ4v) is 4.46. The van der Waals surface area contributed by atoms with Gasteiger partial charge in [-0.2, -0.15) is 0 Å². The van der Waals surface area contributed by atoms with E-state index in [4.69, 9.17) is 32.1 Å². The molecule has 0 saturated carbocycles. The highest BCUT2D eigenvalue weighted by atomic mass is 16.3. The molecule has 2 aromatic heterocycles. The van der Waals surface area contributed by atoms with Crippen LogP contribution in [-0.4, -0.2) is 0 Å². The number of rotatable bonds is 2. The molecular formula is C34H20O2. The number of hydrogen-bond acceptors (Lipinski definition) is 2. The van der Waals surface area contributed by atoms with Crippen LogP contribution in [0.2, 0.25) is 0 Å². The van der Waals surface area contributed by atoms with Crippen molar-refractivity contribution >= 4 is 54.5 Å². The highest BCUT2D eigenvalue weighted by Crippen LogP contribution is 2.46. The van der Waals surface area contributed by atoms with Crippen LogP contribution in [0.3, 0.4) is 0 Å². The van der Waals surface area contributed by atoms with Gasteiger partial charge in [-0.1, -0.05) is 96.7 Å². The highest BCUT2D eigenvalue weighted by molar-refractivity contribution is 6.24. The number of para-hydroxylation sites is 1. The molecule has 0 aliphatic heterocycles. The average Bonchev–Trinajstić information content (AvgIpc) is 3.75. The molecule has 0 N–H and O–H groups in total. The number of benzene rings is 6. The van der Waals surface area contributed by atoms with E-state index in [-0.39, 0.29) is 10.8 Å². The summed E-state index contributed by atoms with van der Waals surface area (Å²) in [4.78, 5) is 0. The highest BCUT2D eigenvalue weighted by Gasteiger charge is 2.20. The van der Waals surface area contributed by atoms with Crippen LogP contribution in [0.1, 0.15) is 27.4 Å². The number of fused-ring (bicyclic) bond motifs is 6. The van der Waals surface area contributed by atoms with Gasteiger partial charge in [0.25, 0.3) is 0 Å². The number of hydrogen-bond donors (Lipinski definition) is 0. The van der Waals surface area contributed by atoms with Gasteiger partial charge in [0.15, 0.2) is 0 Å². The maximum Gasteiger partial charge on any atom is 0.139 e. The second-order valence-electron chi connectivity index (χ2n) is 7.79. The maximum absolute atomic E-state index is 9.43. The molecule has 0 radical (unpaired) electrons. The van der Waals surface area contributed by atoms with Crippen molar-refractivity contribution in [1.29, 1.82) is 0 Å². The van der Waals surface area contributed by atoms with E-state index in [1.54, 1.807) is 0 Å². The first-order valence-electron chi connectivity index (χ1n) is 20.6. The third kappa shape index (κ3) is 2.67. The van der Waals surface area contributed by atoms with E-state index in [2.05, 4.69) is 0 Å². The van der Waals surface area contributed by atoms with Crippen LogP contribution in [0, 0.1) is 0 Å². The topological polar surface area (TPSA) is 26.3 Å². The summed E-state index contributed by atoms with van der Waals surface area (Å²) in [6.45, 7) is 0. The molecule has 0 unspecified atom stereocenters. The molecule has 6 aromatic carbocycles. The minimum absolute atomic E-state index is 0.292. The minimum atomic E-state index is -0.860. The third-order valence-electron chi connectivity index (χ3n) is 5.92. The Hall–Kier alpha value is -4.82. The maximum atomic E-state index is 9.43. The molecule has 0 aliphatic carbocycles. The van der Waals surface area contributed by atoms with Crippen molar-refractivity contribution in [3.05, 3.63) is 121 Å². The van der Waals surface area contributed by atoms with Gasteiger partial charge in [0, 0.05) is 33.3 Å². The van der Waals surface area contributed by atoms with E-state index >= 15 is 0 Å². The molecule has 168 valence electrons. The summed E-state index contributed by atoms with van der Waals surface area (Å²) < 4.78 is 186. The van der Waals surface area contributed by atoms with Gasteiger partial charge in [-0.25, -0.2) is 0 Å². The molecule has 8 rings (SSSR count). The lowest BCUT2D eigenvalue weighted by molar-refractivity contribution is 0.614. The van der Waals surface area contributed by atoms with Gasteiger partial charge in [-0.15, -0.1) is 0 Å². The van der Waals surface area contributed by atoms with Gasteiger partial charge >= 0.3 is 0 Å². The molecule has 0 aliphatic rings. The summed E-state index contributed by atoms with van der Waals surface area (Å²) >= 11 is 0. The Morgan fingerprint density at radius 1 is 0.444 bits per heavy atom. The number of furan rings is 2. The zero-order valence-corrected chi connectivity index (χ0v) is 17.8. The smallest absolute Gasteiger partial charge is 0.139 e. The molecule has 0 atom stereocenters. The first-order valence-corrected chi connectivity index (χ1v) is 10.6. The summed E-state index contributed by atoms with van der Waals surface area (Å²) in [5.74, 6) is 0. The van der Waals surface area contributed by atoms with Gasteiger partial charge in [0.2, 0.25) is 0 Å². The molecule has 0 bridgehead atoms. The largest absolute Gasteiger partial charge is 0.464 e. The zero-order chi connectivity index (χ0) is 41.0. The van der Waals surface area contributed by atoms with E-state index in [0.29, 0.717) is 0 Å². The van der Waals surface area contributed by atoms with Gasteiger partial charge in [-0.3, -0.25) is 0 Å². The first-order chi connectivity index (χ1) is 26.2. The molecule has 2 heterocycles. The van der Waals surface area contributed by atoms with E-state index in [1.807, 2.05) is 0 Å². The van der Waals surface area contributed by atoms with E-state index in [0.717, 1.165) is 0 Å². The van der Waals surface area contributed by atoms with Crippen LogP contribution < -0.4 is 0 Å². The Kier molecular flexibility index (Phi) is 1.71. The summed E-state index contributed by atoms with van der Waals surface area (Å²) in [7, 11) is 0. The lowest BCUT2D eigenvalue weighted by Crippen LogP contribution is -1.90. The van der Waals surface area contributed by atoms with E-state index in [1.165, 1.54) is 0 Å². The Morgan fingerprint density at radius 2 is 1.03 bits per heavy atom. The first kappa shape index (κ1) is 8.39. The Labute approximate surface area is 235 Å². The lowest BCUT2D eigenvalue weighted by Gasteiger charge is -2.17. The molecule has 0 fully saturated rings. The summed E-state index contributed by atoms with van der Waals surface area (Å²) in [5.41, 5.74) is -3.51. The average molecular weight is 481 g/mol. The SMILES string of the molecule is [2H]c1oc2c([2H])c3oc4c([2H])c([2H])c([2H])c([2H])c4c3c([2H])c2c1-c1c2c([2H])c([2H])c([2H])c([2H])c2c(-c2c([2H])c([2H])c([2H])c([2H])c2[2H])c2c([2H])c([2H])c([2H])c([2H])c12. The molecule has 0 amide bonds. The van der Waals surface area contributed by atoms with Crippen molar-refractivity contribution in [3.8, 4) is 22.3 Å². The second kappa shape index (κ2) is 7.34. The van der Waals surface area contributed by atoms with Gasteiger partial charge in [0.1, 0.15) is 18.1 Å². The molecular weight excluding hydrogens is 440 g/mol. The fraction of sp³-hybridized carbons (Fsp3) is 0. The van der Waals surface area contributed by atoms with Crippen LogP contribution in [0.25, 0.3) is 76.7 Å². The quantitative estimate of drug-likeness (QED) is 0.230. The van der Waals surface area contributed by atoms with Crippen molar-refractivity contribution in [1.82, 2.24) is 0 Å². The minimum Gasteiger partial charge on any atom is -0.464 e. The van der Waals surface area contributed by atoms with Crippen LogP contribution in [0.5, 0.6) is 0 Å². The summed E-state index contributed by atoms with van der Waals surface area (Å²) in [5, 5.41) is -3.22. The van der Waals surface area contributed by atoms with E-state index < -0.39 is 187 Å². The second-order valence-corrected chi connectivity index (χ2v) is 7.79. The molecule has 36 heavy (non-hydrogen) atoms. The third-order valence-corrected chi connectivity index (χ3v) is 5.92. The van der Waals surface area contributed by atoms with Crippen LogP contribution in [-0.2, 0) is 0 Å². The predicted molar refractivity (Wildman–Crippen MR) is 149 cm³/mol. The van der Waals surface area contributed by atoms with Crippen LogP contribution >= 0.6 is 0 Å². The normalized spacial score (nSPS) is 19.7. The Morgan fingerprint density at radius 3 is 1.72 bits per heavy atom. The van der Waals surface area contributed by atoms with Gasteiger partial charge in [-0.05, 0) is 44.8 Å². The van der Waals surface area contributed by atoms with Crippen LogP contribution in [0.15, 0.2) is 130 Å². The van der Waals surface area contributed by atoms with Gasteiger partial charge in [0.05, 0.1) is 32.3 Å². The van der Waals surface area contributed by atoms with Crippen molar-refractivity contribution in [2.75, 3.05) is 0 Å². The summed E-state index contributed by atoms with van der Waals surface area (Å²) in [6, 6.07) is -14.8.